The third kappa shape index (κ3) is 6.81. The minimum Gasteiger partial charge on any atom is -0.489 e. The summed E-state index contributed by atoms with van der Waals surface area (Å²) in [6, 6.07) is 1.97. The fourth-order valence-corrected chi connectivity index (χ4v) is 6.14. The lowest BCUT2D eigenvalue weighted by Crippen LogP contribution is -2.47. The van der Waals surface area contributed by atoms with E-state index in [9.17, 15) is 23.1 Å². The lowest BCUT2D eigenvalue weighted by atomic mass is 9.87. The number of rotatable bonds is 9. The number of halogens is 3. The summed E-state index contributed by atoms with van der Waals surface area (Å²) in [5.41, 5.74) is 5.21. The molecule has 2 heterocycles. The quantitative estimate of drug-likeness (QED) is 0.280. The molecule has 2 aliphatic rings. The molecular formula is C29H41F3N4O4Si. The molecule has 1 atom stereocenters. The molecule has 2 aromatic rings. The summed E-state index contributed by atoms with van der Waals surface area (Å²) in [6.45, 7) is 11.1. The first-order chi connectivity index (χ1) is 19.1. The van der Waals surface area contributed by atoms with E-state index in [1.165, 1.54) is 12.2 Å². The first-order valence-corrected chi connectivity index (χ1v) is 17.0. The number of carbonyl (C=O) groups is 1. The number of alkyl halides is 3. The van der Waals surface area contributed by atoms with Gasteiger partial charge in [0.25, 0.3) is 0 Å². The van der Waals surface area contributed by atoms with Gasteiger partial charge in [-0.3, -0.25) is 9.48 Å². The molecule has 1 aliphatic carbocycles. The van der Waals surface area contributed by atoms with Gasteiger partial charge in [0.1, 0.15) is 24.1 Å². The number of aromatic nitrogens is 2. The Morgan fingerprint density at radius 3 is 2.41 bits per heavy atom. The Morgan fingerprint density at radius 1 is 1.15 bits per heavy atom. The van der Waals surface area contributed by atoms with Crippen LogP contribution in [0.2, 0.25) is 18.1 Å². The molecule has 1 aromatic carbocycles. The second-order valence-electron chi connectivity index (χ2n) is 12.5. The average molecular weight is 595 g/mol. The molecule has 0 radical (unpaired) electrons. The Labute approximate surface area is 240 Å². The Morgan fingerprint density at radius 2 is 1.83 bits per heavy atom. The maximum absolute atomic E-state index is 14.2. The van der Waals surface area contributed by atoms with Crippen LogP contribution in [0.5, 0.6) is 5.75 Å². The number of amides is 1. The molecule has 1 amide bonds. The van der Waals surface area contributed by atoms with Gasteiger partial charge in [-0.1, -0.05) is 32.9 Å². The summed E-state index contributed by atoms with van der Waals surface area (Å²) in [4.78, 5) is 13.3. The number of hydrogen-bond donors (Lipinski definition) is 2. The van der Waals surface area contributed by atoms with Crippen molar-refractivity contribution in [2.75, 3.05) is 24.7 Å². The van der Waals surface area contributed by atoms with Crippen molar-refractivity contribution >= 4 is 30.8 Å². The van der Waals surface area contributed by atoms with E-state index in [0.717, 1.165) is 36.7 Å². The number of ether oxygens (including phenoxy) is 1. The second-order valence-corrected chi connectivity index (χ2v) is 17.3. The number of aliphatic hydroxyl groups excluding tert-OH is 1. The number of benzene rings is 1. The van der Waals surface area contributed by atoms with Gasteiger partial charge < -0.3 is 24.9 Å². The summed E-state index contributed by atoms with van der Waals surface area (Å²) in [7, 11) is -2.07. The van der Waals surface area contributed by atoms with Gasteiger partial charge in [0, 0.05) is 24.3 Å². The summed E-state index contributed by atoms with van der Waals surface area (Å²) >= 11 is 0. The lowest BCUT2D eigenvalue weighted by Gasteiger charge is -2.36. The summed E-state index contributed by atoms with van der Waals surface area (Å²) in [6.07, 6.45) is 4.00. The largest absolute Gasteiger partial charge is 0.489 e. The third-order valence-electron chi connectivity index (χ3n) is 8.59. The fraction of sp³-hybridized carbons (Fsp3) is 0.586. The Kier molecular flexibility index (Phi) is 8.96. The van der Waals surface area contributed by atoms with Gasteiger partial charge >= 0.3 is 6.18 Å². The van der Waals surface area contributed by atoms with E-state index < -0.39 is 32.1 Å². The van der Waals surface area contributed by atoms with E-state index in [-0.39, 0.29) is 48.3 Å². The maximum atomic E-state index is 14.2. The standard InChI is InChI=1S/C29H41F3N4O4Si/c1-28(2,3)41(4,5)40-14-13-39-25-16-22-20(17-35(34-22)21-11-9-19(18-37)10-12-21)15-24(25)36-23(27(33)38)7-6-8-26(36)29(30,31)32/h6-8,15-17,19,21,23,37H,9-14,18H2,1-5H3,(H2,33,38). The van der Waals surface area contributed by atoms with Crippen LogP contribution in [-0.2, 0) is 9.22 Å². The van der Waals surface area contributed by atoms with E-state index >= 15 is 0 Å². The molecule has 1 saturated carbocycles. The SMILES string of the molecule is CC(C)(C)[Si](C)(C)OCCOc1cc2nn(C3CCC(CO)CC3)cc2cc1N1C(C(F)(F)F)=CC=CC1C(N)=O. The highest BCUT2D eigenvalue weighted by molar-refractivity contribution is 6.74. The molecule has 0 bridgehead atoms. The number of allylic oxidation sites excluding steroid dienone is 3. The molecule has 3 N–H and O–H groups in total. The zero-order chi connectivity index (χ0) is 30.2. The summed E-state index contributed by atoms with van der Waals surface area (Å²) < 4.78 is 56.8. The van der Waals surface area contributed by atoms with Gasteiger partial charge in [-0.25, -0.2) is 0 Å². The highest BCUT2D eigenvalue weighted by Crippen LogP contribution is 2.43. The van der Waals surface area contributed by atoms with Crippen LogP contribution in [0.3, 0.4) is 0 Å². The minimum atomic E-state index is -4.74. The van der Waals surface area contributed by atoms with Gasteiger partial charge in [-0.2, -0.15) is 18.3 Å². The Hall–Kier alpha value is -2.83. The van der Waals surface area contributed by atoms with Gasteiger partial charge in [0.15, 0.2) is 8.32 Å². The molecule has 12 heteroatoms. The van der Waals surface area contributed by atoms with Crippen molar-refractivity contribution in [2.24, 2.45) is 11.7 Å². The highest BCUT2D eigenvalue weighted by Gasteiger charge is 2.44. The highest BCUT2D eigenvalue weighted by atomic mass is 28.4. The maximum Gasteiger partial charge on any atom is 0.431 e. The molecule has 4 rings (SSSR count). The molecule has 8 nitrogen and oxygen atoms in total. The van der Waals surface area contributed by atoms with Crippen LogP contribution < -0.4 is 15.4 Å². The van der Waals surface area contributed by atoms with Crippen LogP contribution in [0.25, 0.3) is 10.9 Å². The summed E-state index contributed by atoms with van der Waals surface area (Å²) in [5.74, 6) is -0.483. The van der Waals surface area contributed by atoms with Crippen molar-refractivity contribution in [2.45, 2.75) is 82.8 Å². The Bertz CT molecular complexity index is 1310. The van der Waals surface area contributed by atoms with E-state index in [0.29, 0.717) is 10.9 Å². The fourth-order valence-electron chi connectivity index (χ4n) is 5.11. The van der Waals surface area contributed by atoms with E-state index in [4.69, 9.17) is 20.0 Å². The van der Waals surface area contributed by atoms with E-state index in [2.05, 4.69) is 33.9 Å². The summed E-state index contributed by atoms with van der Waals surface area (Å²) in [5, 5.41) is 14.8. The number of fused-ring (bicyclic) bond motifs is 1. The number of primary amides is 1. The van der Waals surface area contributed by atoms with Gasteiger partial charge in [0.2, 0.25) is 5.91 Å². The monoisotopic (exact) mass is 594 g/mol. The van der Waals surface area contributed by atoms with Crippen LogP contribution in [0.4, 0.5) is 18.9 Å². The van der Waals surface area contributed by atoms with Crippen LogP contribution >= 0.6 is 0 Å². The molecule has 0 saturated heterocycles. The lowest BCUT2D eigenvalue weighted by molar-refractivity contribution is -0.119. The topological polar surface area (TPSA) is 103 Å². The number of nitrogens with two attached hydrogens (primary N) is 1. The average Bonchev–Trinajstić information content (AvgIpc) is 3.32. The van der Waals surface area contributed by atoms with Crippen molar-refractivity contribution in [1.29, 1.82) is 0 Å². The minimum absolute atomic E-state index is 0.0124. The number of hydrogen-bond acceptors (Lipinski definition) is 6. The van der Waals surface area contributed by atoms with Gasteiger partial charge in [0.05, 0.1) is 23.9 Å². The molecule has 1 aromatic heterocycles. The first kappa shape index (κ1) is 31.1. The Balaban J connectivity index is 1.72. The van der Waals surface area contributed by atoms with Crippen LogP contribution in [-0.4, -0.2) is 61.2 Å². The molecule has 1 unspecified atom stereocenters. The molecular weight excluding hydrogens is 553 g/mol. The molecule has 1 fully saturated rings. The predicted octanol–water partition coefficient (Wildman–Crippen LogP) is 5.84. The van der Waals surface area contributed by atoms with Crippen LogP contribution in [0.15, 0.2) is 42.3 Å². The molecule has 226 valence electrons. The molecule has 0 spiro atoms. The van der Waals surface area contributed by atoms with Gasteiger partial charge in [-0.15, -0.1) is 0 Å². The predicted molar refractivity (Wildman–Crippen MR) is 155 cm³/mol. The van der Waals surface area contributed by atoms with Crippen LogP contribution in [0, 0.1) is 5.92 Å². The van der Waals surface area contributed by atoms with Crippen molar-refractivity contribution in [3.05, 3.63) is 42.3 Å². The van der Waals surface area contributed by atoms with E-state index in [1.54, 1.807) is 12.1 Å². The van der Waals surface area contributed by atoms with Gasteiger partial charge in [-0.05, 0) is 61.9 Å². The number of nitrogens with zero attached hydrogens (tertiary/aromatic N) is 3. The van der Waals surface area contributed by atoms with Crippen molar-refractivity contribution in [1.82, 2.24) is 9.78 Å². The zero-order valence-corrected chi connectivity index (χ0v) is 25.4. The third-order valence-corrected chi connectivity index (χ3v) is 13.1. The number of carbonyl (C=O) groups excluding carboxylic acids is 1. The molecule has 1 aliphatic heterocycles. The zero-order valence-electron chi connectivity index (χ0n) is 24.4. The van der Waals surface area contributed by atoms with Crippen molar-refractivity contribution < 1.29 is 32.2 Å². The van der Waals surface area contributed by atoms with Crippen molar-refractivity contribution in [3.63, 3.8) is 0 Å². The van der Waals surface area contributed by atoms with Crippen LogP contribution in [0.1, 0.15) is 52.5 Å². The smallest absolute Gasteiger partial charge is 0.431 e. The number of anilines is 1. The molecule has 41 heavy (non-hydrogen) atoms. The second kappa shape index (κ2) is 11.8. The van der Waals surface area contributed by atoms with Crippen molar-refractivity contribution in [3.8, 4) is 5.75 Å². The number of aliphatic hydroxyl groups is 1. The first-order valence-electron chi connectivity index (χ1n) is 14.1. The van der Waals surface area contributed by atoms with E-state index in [1.807, 2.05) is 10.9 Å². The normalized spacial score (nSPS) is 22.2.